The van der Waals surface area contributed by atoms with Crippen LogP contribution < -0.4 is 10.9 Å². The fourth-order valence-electron chi connectivity index (χ4n) is 1.18. The van der Waals surface area contributed by atoms with E-state index in [0.29, 0.717) is 10.9 Å². The molecule has 1 heterocycles. The van der Waals surface area contributed by atoms with Gasteiger partial charge in [-0.3, -0.25) is 9.59 Å². The second kappa shape index (κ2) is 5.47. The van der Waals surface area contributed by atoms with Gasteiger partial charge >= 0.3 is 0 Å². The summed E-state index contributed by atoms with van der Waals surface area (Å²) in [6.07, 6.45) is 0.663. The highest BCUT2D eigenvalue weighted by Gasteiger charge is 2.12. The highest BCUT2D eigenvalue weighted by molar-refractivity contribution is 9.10. The van der Waals surface area contributed by atoms with Crippen LogP contribution in [0.1, 0.15) is 23.0 Å². The predicted molar refractivity (Wildman–Crippen MR) is 62.1 cm³/mol. The largest absolute Gasteiger partial charge is 0.339 e. The van der Waals surface area contributed by atoms with Crippen LogP contribution in [-0.2, 0) is 6.42 Å². The van der Waals surface area contributed by atoms with Gasteiger partial charge in [-0.05, 0) is 28.4 Å². The van der Waals surface area contributed by atoms with Crippen molar-refractivity contribution in [2.45, 2.75) is 13.3 Å². The minimum atomic E-state index is -0.550. The van der Waals surface area contributed by atoms with Gasteiger partial charge in [-0.2, -0.15) is 5.26 Å². The normalized spacial score (nSPS) is 9.56. The first-order valence-corrected chi connectivity index (χ1v) is 5.46. The van der Waals surface area contributed by atoms with Crippen LogP contribution in [0, 0.1) is 11.3 Å². The van der Waals surface area contributed by atoms with Crippen LogP contribution in [0.25, 0.3) is 0 Å². The summed E-state index contributed by atoms with van der Waals surface area (Å²) in [6.45, 7) is 1.77. The molecule has 1 aromatic rings. The van der Waals surface area contributed by atoms with E-state index in [9.17, 15) is 9.59 Å². The molecule has 0 aliphatic heterocycles. The van der Waals surface area contributed by atoms with Gasteiger partial charge in [0.15, 0.2) is 0 Å². The summed E-state index contributed by atoms with van der Waals surface area (Å²) in [7, 11) is 0. The molecule has 0 radical (unpaired) electrons. The first-order valence-electron chi connectivity index (χ1n) is 4.67. The molecule has 16 heavy (non-hydrogen) atoms. The third kappa shape index (κ3) is 2.70. The van der Waals surface area contributed by atoms with Crippen molar-refractivity contribution in [2.24, 2.45) is 0 Å². The number of nitrogens with zero attached hydrogens (tertiary/aromatic N) is 1. The molecule has 0 spiro atoms. The van der Waals surface area contributed by atoms with E-state index in [1.165, 1.54) is 6.07 Å². The summed E-state index contributed by atoms with van der Waals surface area (Å²) in [5.41, 5.74) is 0.289. The smallest absolute Gasteiger partial charge is 0.261 e. The van der Waals surface area contributed by atoms with E-state index in [4.69, 9.17) is 5.26 Å². The Morgan fingerprint density at radius 3 is 2.94 bits per heavy atom. The van der Waals surface area contributed by atoms with E-state index in [1.54, 1.807) is 6.07 Å². The fourth-order valence-corrected chi connectivity index (χ4v) is 1.79. The standard InChI is InChI=1S/C10H10BrN3O2/c1-2-8-7(11)5-6(10(16)14-8)9(15)13-4-3-12/h5H,2,4H2,1H3,(H,13,15)(H,14,16). The van der Waals surface area contributed by atoms with E-state index < -0.39 is 11.5 Å². The lowest BCUT2D eigenvalue weighted by atomic mass is 10.2. The lowest BCUT2D eigenvalue weighted by Gasteiger charge is -2.04. The van der Waals surface area contributed by atoms with Crippen LogP contribution in [0.2, 0.25) is 0 Å². The Bertz CT molecular complexity index is 502. The molecule has 0 fully saturated rings. The Balaban J connectivity index is 3.07. The monoisotopic (exact) mass is 283 g/mol. The highest BCUT2D eigenvalue weighted by atomic mass is 79.9. The summed E-state index contributed by atoms with van der Waals surface area (Å²) in [6, 6.07) is 3.23. The number of aryl methyl sites for hydroxylation is 1. The molecule has 84 valence electrons. The number of nitriles is 1. The third-order valence-electron chi connectivity index (χ3n) is 1.99. The number of aromatic amines is 1. The number of rotatable bonds is 3. The van der Waals surface area contributed by atoms with E-state index in [2.05, 4.69) is 26.2 Å². The molecule has 1 amide bonds. The van der Waals surface area contributed by atoms with Gasteiger partial charge in [0.05, 0.1) is 6.07 Å². The Labute approximate surface area is 101 Å². The quantitative estimate of drug-likeness (QED) is 0.810. The Hall–Kier alpha value is -1.61. The summed E-state index contributed by atoms with van der Waals surface area (Å²) in [4.78, 5) is 25.6. The summed E-state index contributed by atoms with van der Waals surface area (Å²) < 4.78 is 0.678. The Kier molecular flexibility index (Phi) is 4.26. The molecule has 2 N–H and O–H groups in total. The number of pyridine rings is 1. The van der Waals surface area contributed by atoms with E-state index in [-0.39, 0.29) is 12.1 Å². The first-order chi connectivity index (χ1) is 7.60. The number of H-pyrrole nitrogens is 1. The molecule has 1 rings (SSSR count). The number of aromatic nitrogens is 1. The van der Waals surface area contributed by atoms with Gasteiger partial charge in [-0.15, -0.1) is 0 Å². The molecule has 0 aliphatic rings. The maximum atomic E-state index is 11.5. The molecule has 0 unspecified atom stereocenters. The second-order valence-corrected chi connectivity index (χ2v) is 3.89. The Morgan fingerprint density at radius 2 is 2.38 bits per heavy atom. The maximum Gasteiger partial charge on any atom is 0.261 e. The molecular formula is C10H10BrN3O2. The van der Waals surface area contributed by atoms with E-state index in [0.717, 1.165) is 5.69 Å². The van der Waals surface area contributed by atoms with Crippen LogP contribution >= 0.6 is 15.9 Å². The van der Waals surface area contributed by atoms with Crippen molar-refractivity contribution in [1.29, 1.82) is 5.26 Å². The number of halogens is 1. The molecule has 0 bridgehead atoms. The lowest BCUT2D eigenvalue weighted by Crippen LogP contribution is -2.30. The van der Waals surface area contributed by atoms with E-state index in [1.807, 2.05) is 6.92 Å². The number of hydrogen-bond donors (Lipinski definition) is 2. The van der Waals surface area contributed by atoms with Crippen molar-refractivity contribution >= 4 is 21.8 Å². The number of hydrogen-bond acceptors (Lipinski definition) is 3. The van der Waals surface area contributed by atoms with Crippen molar-refractivity contribution in [3.63, 3.8) is 0 Å². The van der Waals surface area contributed by atoms with Gasteiger partial charge in [0, 0.05) is 10.2 Å². The lowest BCUT2D eigenvalue weighted by molar-refractivity contribution is 0.0957. The van der Waals surface area contributed by atoms with Gasteiger partial charge in [0.25, 0.3) is 11.5 Å². The average Bonchev–Trinajstić information content (AvgIpc) is 2.28. The van der Waals surface area contributed by atoms with Crippen molar-refractivity contribution in [3.05, 3.63) is 32.2 Å². The van der Waals surface area contributed by atoms with Crippen LogP contribution in [-0.4, -0.2) is 17.4 Å². The number of amides is 1. The molecule has 0 aromatic carbocycles. The molecule has 1 aromatic heterocycles. The SMILES string of the molecule is CCc1[nH]c(=O)c(C(=O)NCC#N)cc1Br. The number of nitrogens with one attached hydrogen (secondary N) is 2. The van der Waals surface area contributed by atoms with Crippen LogP contribution in [0.5, 0.6) is 0 Å². The van der Waals surface area contributed by atoms with Gasteiger partial charge in [-0.1, -0.05) is 6.92 Å². The first kappa shape index (κ1) is 12.5. The molecule has 0 atom stereocenters. The average molecular weight is 284 g/mol. The van der Waals surface area contributed by atoms with Crippen LogP contribution in [0.15, 0.2) is 15.3 Å². The van der Waals surface area contributed by atoms with Crippen molar-refractivity contribution in [2.75, 3.05) is 6.54 Å². The van der Waals surface area contributed by atoms with Gasteiger partial charge in [0.2, 0.25) is 0 Å². The van der Waals surface area contributed by atoms with Crippen molar-refractivity contribution in [1.82, 2.24) is 10.3 Å². The minimum Gasteiger partial charge on any atom is -0.339 e. The van der Waals surface area contributed by atoms with Crippen LogP contribution in [0.3, 0.4) is 0 Å². The summed E-state index contributed by atoms with van der Waals surface area (Å²) in [5.74, 6) is -0.550. The summed E-state index contributed by atoms with van der Waals surface area (Å²) in [5, 5.41) is 10.6. The zero-order valence-electron chi connectivity index (χ0n) is 8.63. The fraction of sp³-hybridized carbons (Fsp3) is 0.300. The zero-order chi connectivity index (χ0) is 12.1. The zero-order valence-corrected chi connectivity index (χ0v) is 10.2. The second-order valence-electron chi connectivity index (χ2n) is 3.03. The molecule has 0 aliphatic carbocycles. The van der Waals surface area contributed by atoms with Crippen LogP contribution in [0.4, 0.5) is 0 Å². The van der Waals surface area contributed by atoms with Gasteiger partial charge < -0.3 is 10.3 Å². The van der Waals surface area contributed by atoms with Gasteiger partial charge in [-0.25, -0.2) is 0 Å². The number of carbonyl (C=O) groups excluding carboxylic acids is 1. The third-order valence-corrected chi connectivity index (χ3v) is 2.70. The van der Waals surface area contributed by atoms with Crippen molar-refractivity contribution < 1.29 is 4.79 Å². The summed E-state index contributed by atoms with van der Waals surface area (Å²) >= 11 is 3.26. The number of carbonyl (C=O) groups is 1. The maximum absolute atomic E-state index is 11.5. The predicted octanol–water partition coefficient (Wildman–Crippen LogP) is 0.953. The Morgan fingerprint density at radius 1 is 1.69 bits per heavy atom. The van der Waals surface area contributed by atoms with E-state index >= 15 is 0 Å². The molecule has 5 nitrogen and oxygen atoms in total. The van der Waals surface area contributed by atoms with Crippen molar-refractivity contribution in [3.8, 4) is 6.07 Å². The molecule has 0 saturated heterocycles. The highest BCUT2D eigenvalue weighted by Crippen LogP contribution is 2.14. The minimum absolute atomic E-state index is 0.000625. The topological polar surface area (TPSA) is 85.8 Å². The molecule has 0 saturated carbocycles. The van der Waals surface area contributed by atoms with Gasteiger partial charge in [0.1, 0.15) is 12.1 Å². The molecular weight excluding hydrogens is 274 g/mol. The molecule has 6 heteroatoms.